The summed E-state index contributed by atoms with van der Waals surface area (Å²) >= 11 is 0. The molecule has 2 aromatic carbocycles. The normalized spacial score (nSPS) is 11.0. The van der Waals surface area contributed by atoms with E-state index in [4.69, 9.17) is 4.74 Å². The third-order valence-electron chi connectivity index (χ3n) is 3.16. The summed E-state index contributed by atoms with van der Waals surface area (Å²) in [6, 6.07) is 8.21. The number of ether oxygens (including phenoxy) is 2. The number of benzene rings is 2. The van der Waals surface area contributed by atoms with Crippen molar-refractivity contribution in [3.63, 3.8) is 0 Å². The second-order valence-corrected chi connectivity index (χ2v) is 4.65. The van der Waals surface area contributed by atoms with Crippen molar-refractivity contribution in [2.45, 2.75) is 6.18 Å². The number of phenols is 1. The zero-order valence-corrected chi connectivity index (χ0v) is 12.7. The van der Waals surface area contributed by atoms with Gasteiger partial charge in [-0.3, -0.25) is 4.79 Å². The largest absolute Gasteiger partial charge is 0.504 e. The molecule has 0 aliphatic rings. The van der Waals surface area contributed by atoms with Gasteiger partial charge in [0.05, 0.1) is 25.3 Å². The molecule has 0 saturated carbocycles. The molecular weight excluding hydrogens is 327 g/mol. The fourth-order valence-electron chi connectivity index (χ4n) is 2.00. The number of rotatable bonds is 4. The third-order valence-corrected chi connectivity index (χ3v) is 3.16. The molecule has 24 heavy (non-hydrogen) atoms. The molecule has 2 N–H and O–H groups in total. The fraction of sp³-hybridized carbons (Fsp3) is 0.188. The minimum Gasteiger partial charge on any atom is -0.504 e. The van der Waals surface area contributed by atoms with E-state index in [0.717, 1.165) is 19.2 Å². The van der Waals surface area contributed by atoms with E-state index in [0.29, 0.717) is 0 Å². The highest BCUT2D eigenvalue weighted by molar-refractivity contribution is 6.06. The Morgan fingerprint density at radius 1 is 1.17 bits per heavy atom. The summed E-state index contributed by atoms with van der Waals surface area (Å²) in [5.74, 6) is -1.58. The smallest absolute Gasteiger partial charge is 0.420 e. The first kappa shape index (κ1) is 17.5. The molecule has 0 aliphatic carbocycles. The van der Waals surface area contributed by atoms with E-state index in [1.807, 2.05) is 0 Å². The molecule has 0 fully saturated rings. The number of amides is 1. The third kappa shape index (κ3) is 3.53. The van der Waals surface area contributed by atoms with E-state index in [9.17, 15) is 23.1 Å². The number of nitrogens with one attached hydrogen (secondary N) is 1. The van der Waals surface area contributed by atoms with Gasteiger partial charge < -0.3 is 19.9 Å². The van der Waals surface area contributed by atoms with E-state index in [1.165, 1.54) is 25.3 Å². The molecule has 8 heteroatoms. The molecule has 127 valence electrons. The van der Waals surface area contributed by atoms with Gasteiger partial charge in [-0.2, -0.15) is 13.2 Å². The number of carbonyl (C=O) groups is 1. The van der Waals surface area contributed by atoms with Crippen LogP contribution >= 0.6 is 0 Å². The van der Waals surface area contributed by atoms with Crippen molar-refractivity contribution < 1.29 is 32.5 Å². The minimum absolute atomic E-state index is 0.0216. The van der Waals surface area contributed by atoms with Crippen molar-refractivity contribution in [2.24, 2.45) is 0 Å². The molecule has 2 aromatic rings. The van der Waals surface area contributed by atoms with Crippen LogP contribution in [-0.2, 0) is 6.18 Å². The summed E-state index contributed by atoms with van der Waals surface area (Å²) in [5, 5.41) is 12.2. The van der Waals surface area contributed by atoms with Crippen LogP contribution in [0.4, 0.5) is 18.9 Å². The molecule has 0 saturated heterocycles. The van der Waals surface area contributed by atoms with Crippen molar-refractivity contribution in [3.8, 4) is 17.2 Å². The van der Waals surface area contributed by atoms with Crippen LogP contribution in [0.15, 0.2) is 30.3 Å². The molecule has 0 atom stereocenters. The second-order valence-electron chi connectivity index (χ2n) is 4.65. The zero-order chi connectivity index (χ0) is 17.9. The van der Waals surface area contributed by atoms with Gasteiger partial charge in [0.15, 0.2) is 11.5 Å². The topological polar surface area (TPSA) is 67.8 Å². The predicted octanol–water partition coefficient (Wildman–Crippen LogP) is 3.48. The first-order chi connectivity index (χ1) is 11.3. The van der Waals surface area contributed by atoms with Gasteiger partial charge in [-0.1, -0.05) is 0 Å². The van der Waals surface area contributed by atoms with Crippen LogP contribution in [0.1, 0.15) is 15.9 Å². The summed E-state index contributed by atoms with van der Waals surface area (Å²) in [5.41, 5.74) is -1.31. The lowest BCUT2D eigenvalue weighted by atomic mass is 10.1. The van der Waals surface area contributed by atoms with E-state index >= 15 is 0 Å². The SMILES string of the molecule is COc1ccc(NC(=O)c2c[c]cc(OC)c2O)cc1C(F)(F)F. The molecule has 0 bridgehead atoms. The molecule has 0 heterocycles. The van der Waals surface area contributed by atoms with E-state index < -0.39 is 23.4 Å². The van der Waals surface area contributed by atoms with Crippen LogP contribution in [-0.4, -0.2) is 25.2 Å². The van der Waals surface area contributed by atoms with Gasteiger partial charge in [-0.25, -0.2) is 0 Å². The Bertz CT molecular complexity index is 759. The van der Waals surface area contributed by atoms with Crippen LogP contribution in [0.3, 0.4) is 0 Å². The molecule has 0 unspecified atom stereocenters. The monoisotopic (exact) mass is 340 g/mol. The van der Waals surface area contributed by atoms with Crippen molar-refractivity contribution in [3.05, 3.63) is 47.5 Å². The highest BCUT2D eigenvalue weighted by Gasteiger charge is 2.34. The maximum atomic E-state index is 13.0. The number of carbonyl (C=O) groups excluding carboxylic acids is 1. The molecule has 0 aromatic heterocycles. The number of methoxy groups -OCH3 is 2. The quantitative estimate of drug-likeness (QED) is 0.894. The number of halogens is 3. The van der Waals surface area contributed by atoms with Gasteiger partial charge in [0, 0.05) is 5.69 Å². The summed E-state index contributed by atoms with van der Waals surface area (Å²) in [6.45, 7) is 0. The lowest BCUT2D eigenvalue weighted by Gasteiger charge is -2.14. The van der Waals surface area contributed by atoms with Crippen molar-refractivity contribution in [2.75, 3.05) is 19.5 Å². The molecule has 5 nitrogen and oxygen atoms in total. The second kappa shape index (κ2) is 6.69. The maximum absolute atomic E-state index is 13.0. The van der Waals surface area contributed by atoms with Crippen LogP contribution in [0, 0.1) is 6.07 Å². The van der Waals surface area contributed by atoms with Crippen molar-refractivity contribution in [1.82, 2.24) is 0 Å². The maximum Gasteiger partial charge on any atom is 0.420 e. The summed E-state index contributed by atoms with van der Waals surface area (Å²) < 4.78 is 48.5. The Balaban J connectivity index is 2.33. The zero-order valence-electron chi connectivity index (χ0n) is 12.7. The van der Waals surface area contributed by atoms with E-state index in [-0.39, 0.29) is 22.7 Å². The molecule has 0 spiro atoms. The number of hydrogen-bond donors (Lipinski definition) is 2. The summed E-state index contributed by atoms with van der Waals surface area (Å²) in [6.07, 6.45) is -4.64. The molecular formula is C16H13F3NO4. The number of phenolic OH excluding ortho intramolecular Hbond substituents is 1. The summed E-state index contributed by atoms with van der Waals surface area (Å²) in [7, 11) is 2.41. The number of aromatic hydroxyl groups is 1. The molecule has 2 rings (SSSR count). The number of anilines is 1. The standard InChI is InChI=1S/C16H13F3NO4/c1-23-12-7-6-9(8-11(12)16(17,18)19)20-15(22)10-4-3-5-13(24-2)14(10)21/h4-8,21H,1-2H3,(H,20,22). The van der Waals surface area contributed by atoms with Gasteiger partial charge >= 0.3 is 6.18 Å². The Labute approximate surface area is 135 Å². The Morgan fingerprint density at radius 2 is 1.83 bits per heavy atom. The van der Waals surface area contributed by atoms with E-state index in [2.05, 4.69) is 16.1 Å². The lowest BCUT2D eigenvalue weighted by molar-refractivity contribution is -0.138. The van der Waals surface area contributed by atoms with Gasteiger partial charge in [0.25, 0.3) is 5.91 Å². The highest BCUT2D eigenvalue weighted by atomic mass is 19.4. The minimum atomic E-state index is -4.64. The molecule has 0 aliphatic heterocycles. The van der Waals surface area contributed by atoms with Crippen molar-refractivity contribution >= 4 is 11.6 Å². The van der Waals surface area contributed by atoms with E-state index in [1.54, 1.807) is 0 Å². The first-order valence-corrected chi connectivity index (χ1v) is 6.61. The van der Waals surface area contributed by atoms with Crippen molar-refractivity contribution in [1.29, 1.82) is 0 Å². The van der Waals surface area contributed by atoms with Crippen LogP contribution in [0.25, 0.3) is 0 Å². The highest BCUT2D eigenvalue weighted by Crippen LogP contribution is 2.38. The first-order valence-electron chi connectivity index (χ1n) is 6.61. The van der Waals surface area contributed by atoms with Gasteiger partial charge in [-0.05, 0) is 36.4 Å². The van der Waals surface area contributed by atoms with Crippen LogP contribution in [0.2, 0.25) is 0 Å². The van der Waals surface area contributed by atoms with Crippen LogP contribution in [0.5, 0.6) is 17.2 Å². The lowest BCUT2D eigenvalue weighted by Crippen LogP contribution is -2.14. The molecule has 1 amide bonds. The Morgan fingerprint density at radius 3 is 2.42 bits per heavy atom. The number of hydrogen-bond acceptors (Lipinski definition) is 4. The van der Waals surface area contributed by atoms with Gasteiger partial charge in [-0.15, -0.1) is 0 Å². The van der Waals surface area contributed by atoms with Gasteiger partial charge in [0.2, 0.25) is 0 Å². The number of alkyl halides is 3. The average molecular weight is 340 g/mol. The summed E-state index contributed by atoms with van der Waals surface area (Å²) in [4.78, 5) is 12.2. The Hall–Kier alpha value is -2.90. The molecule has 1 radical (unpaired) electrons. The predicted molar refractivity (Wildman–Crippen MR) is 79.4 cm³/mol. The fourth-order valence-corrected chi connectivity index (χ4v) is 2.00. The Kier molecular flexibility index (Phi) is 4.87. The van der Waals surface area contributed by atoms with Gasteiger partial charge in [0.1, 0.15) is 5.75 Å². The van der Waals surface area contributed by atoms with Crippen LogP contribution < -0.4 is 14.8 Å². The average Bonchev–Trinajstić information content (AvgIpc) is 2.54.